The van der Waals surface area contributed by atoms with E-state index in [9.17, 15) is 27.6 Å². The first kappa shape index (κ1) is 47.4. The lowest BCUT2D eigenvalue weighted by Gasteiger charge is -2.18. The summed E-state index contributed by atoms with van der Waals surface area (Å²) in [5, 5.41) is 9.50. The number of nitrogens with one attached hydrogen (secondary N) is 3. The van der Waals surface area contributed by atoms with E-state index in [2.05, 4.69) is 93.5 Å². The molecule has 0 aromatic heterocycles. The third kappa shape index (κ3) is 14.5. The number of ether oxygens (including phenoxy) is 3. The van der Waals surface area contributed by atoms with E-state index in [1.807, 2.05) is 32.0 Å². The Morgan fingerprint density at radius 2 is 1.19 bits per heavy atom. The van der Waals surface area contributed by atoms with Crippen molar-refractivity contribution in [3.8, 4) is 11.5 Å². The highest BCUT2D eigenvalue weighted by Crippen LogP contribution is 2.38. The summed E-state index contributed by atoms with van der Waals surface area (Å²) in [6, 6.07) is 16.1. The molecule has 0 saturated heterocycles. The van der Waals surface area contributed by atoms with Crippen molar-refractivity contribution in [3.63, 3.8) is 0 Å². The summed E-state index contributed by atoms with van der Waals surface area (Å²) in [4.78, 5) is 37.8. The van der Waals surface area contributed by atoms with Crippen molar-refractivity contribution in [2.24, 2.45) is 0 Å². The summed E-state index contributed by atoms with van der Waals surface area (Å²) in [7, 11) is 0. The zero-order valence-corrected chi connectivity index (χ0v) is 39.0. The Hall–Kier alpha value is -3.31. The standard InChI is InChI=1S/C41H41Br4ClF3N3O6/c1-5-22(3)51-30-11-25(9-28(17-30)41(47,48)49)20-56-38-32(42)13-24(14-33(38)43)7-8-36(53)58-37(54)19-50-40(55)27-15-34(44)39(35(45)16-27)57-21-26-10-29(46)18-31(12-26)52-23(4)6-2/h9-18,22-23,51-52H,5-8,19-21H2,1-4H3,(H,50,55). The number of hydrogen-bond acceptors (Lipinski definition) is 8. The van der Waals surface area contributed by atoms with Crippen LogP contribution in [-0.2, 0) is 40.1 Å². The van der Waals surface area contributed by atoms with Crippen molar-refractivity contribution in [2.45, 2.75) is 84.9 Å². The van der Waals surface area contributed by atoms with Gasteiger partial charge in [0, 0.05) is 34.0 Å². The molecule has 0 aliphatic rings. The predicted molar refractivity (Wildman–Crippen MR) is 234 cm³/mol. The van der Waals surface area contributed by atoms with Crippen molar-refractivity contribution < 1.29 is 41.8 Å². The maximum Gasteiger partial charge on any atom is 0.416 e. The first-order valence-electron chi connectivity index (χ1n) is 18.1. The summed E-state index contributed by atoms with van der Waals surface area (Å²) in [5.41, 5.74) is 2.51. The number of esters is 2. The number of hydrogen-bond donors (Lipinski definition) is 3. The molecule has 17 heteroatoms. The Morgan fingerprint density at radius 3 is 1.71 bits per heavy atom. The molecule has 4 aromatic carbocycles. The van der Waals surface area contributed by atoms with Crippen LogP contribution in [0.1, 0.15) is 79.6 Å². The predicted octanol–water partition coefficient (Wildman–Crippen LogP) is 12.4. The number of rotatable bonds is 18. The van der Waals surface area contributed by atoms with Crippen LogP contribution < -0.4 is 25.4 Å². The van der Waals surface area contributed by atoms with E-state index in [0.717, 1.165) is 36.2 Å². The molecular weight excluding hydrogens is 1040 g/mol. The van der Waals surface area contributed by atoms with Gasteiger partial charge >= 0.3 is 18.1 Å². The van der Waals surface area contributed by atoms with Crippen molar-refractivity contribution in [3.05, 3.63) is 111 Å². The van der Waals surface area contributed by atoms with Crippen LogP contribution in [0, 0.1) is 0 Å². The summed E-state index contributed by atoms with van der Waals surface area (Å²) in [6.45, 7) is 7.49. The van der Waals surface area contributed by atoms with Gasteiger partial charge in [-0.25, -0.2) is 4.79 Å². The Labute approximate surface area is 374 Å². The van der Waals surface area contributed by atoms with E-state index >= 15 is 0 Å². The molecule has 0 spiro atoms. The zero-order valence-electron chi connectivity index (χ0n) is 31.9. The normalized spacial score (nSPS) is 12.3. The van der Waals surface area contributed by atoms with Crippen molar-refractivity contribution >= 4 is 105 Å². The average molecular weight is 1080 g/mol. The maximum absolute atomic E-state index is 13.6. The van der Waals surface area contributed by atoms with Crippen LogP contribution in [0.4, 0.5) is 24.5 Å². The summed E-state index contributed by atoms with van der Waals surface area (Å²) in [5.74, 6) is -1.51. The third-order valence-corrected chi connectivity index (χ3v) is 11.2. The Bertz CT molecular complexity index is 2080. The van der Waals surface area contributed by atoms with Gasteiger partial charge < -0.3 is 30.2 Å². The van der Waals surface area contributed by atoms with Crippen molar-refractivity contribution in [2.75, 3.05) is 17.2 Å². The monoisotopic (exact) mass is 1080 g/mol. The average Bonchev–Trinajstić information content (AvgIpc) is 3.14. The van der Waals surface area contributed by atoms with Gasteiger partial charge in [-0.3, -0.25) is 9.59 Å². The first-order valence-corrected chi connectivity index (χ1v) is 21.7. The van der Waals surface area contributed by atoms with Gasteiger partial charge in [0.1, 0.15) is 31.3 Å². The van der Waals surface area contributed by atoms with Gasteiger partial charge in [0.05, 0.1) is 29.9 Å². The molecular formula is C41H41Br4ClF3N3O6. The highest BCUT2D eigenvalue weighted by Gasteiger charge is 2.31. The molecule has 0 fully saturated rings. The second kappa shape index (κ2) is 21.8. The fraction of sp³-hybridized carbons (Fsp3) is 0.341. The van der Waals surface area contributed by atoms with E-state index in [1.54, 1.807) is 30.3 Å². The van der Waals surface area contributed by atoms with Crippen LogP contribution in [-0.4, -0.2) is 36.5 Å². The molecule has 2 unspecified atom stereocenters. The largest absolute Gasteiger partial charge is 0.487 e. The lowest BCUT2D eigenvalue weighted by atomic mass is 10.1. The van der Waals surface area contributed by atoms with Crippen LogP contribution >= 0.6 is 75.3 Å². The molecule has 0 bridgehead atoms. The topological polar surface area (TPSA) is 115 Å². The van der Waals surface area contributed by atoms with E-state index < -0.39 is 36.1 Å². The van der Waals surface area contributed by atoms with Crippen molar-refractivity contribution in [1.82, 2.24) is 5.32 Å². The molecule has 2 atom stereocenters. The van der Waals surface area contributed by atoms with E-state index in [4.69, 9.17) is 25.8 Å². The second-order valence-corrected chi connectivity index (χ2v) is 17.3. The molecule has 0 saturated carbocycles. The van der Waals surface area contributed by atoms with Crippen LogP contribution in [0.5, 0.6) is 11.5 Å². The Balaban J connectivity index is 1.27. The number of carbonyl (C=O) groups is 3. The highest BCUT2D eigenvalue weighted by molar-refractivity contribution is 9.11. The SMILES string of the molecule is CCC(C)Nc1cc(Cl)cc(COc2c(Br)cc(C(=O)NCC(=O)OC(=O)CCc3cc(Br)c(OCc4cc(NC(C)CC)cc(C(F)(F)F)c4)c(Br)c3)cc2Br)c1. The molecule has 0 heterocycles. The smallest absolute Gasteiger partial charge is 0.416 e. The minimum atomic E-state index is -4.53. The molecule has 1 amide bonds. The van der Waals surface area contributed by atoms with Crippen molar-refractivity contribution in [1.29, 1.82) is 0 Å². The molecule has 0 aliphatic carbocycles. The fourth-order valence-electron chi connectivity index (χ4n) is 5.36. The molecule has 3 N–H and O–H groups in total. The third-order valence-electron chi connectivity index (χ3n) is 8.65. The summed E-state index contributed by atoms with van der Waals surface area (Å²) < 4.78 is 59.7. The molecule has 312 valence electrons. The quantitative estimate of drug-likeness (QED) is 0.0667. The number of carbonyl (C=O) groups excluding carboxylic acids is 3. The molecule has 58 heavy (non-hydrogen) atoms. The lowest BCUT2D eigenvalue weighted by Crippen LogP contribution is -2.31. The molecule has 0 radical (unpaired) electrons. The number of alkyl halides is 3. The summed E-state index contributed by atoms with van der Waals surface area (Å²) in [6.07, 6.45) is -2.81. The summed E-state index contributed by atoms with van der Waals surface area (Å²) >= 11 is 20.1. The van der Waals surface area contributed by atoms with Crippen LogP contribution in [0.15, 0.2) is 78.6 Å². The van der Waals surface area contributed by atoms with Crippen LogP contribution in [0.25, 0.3) is 0 Å². The van der Waals surface area contributed by atoms with E-state index in [1.165, 1.54) is 0 Å². The minimum Gasteiger partial charge on any atom is -0.487 e. The highest BCUT2D eigenvalue weighted by atomic mass is 79.9. The number of halogens is 8. The molecule has 4 rings (SSSR count). The van der Waals surface area contributed by atoms with Gasteiger partial charge in [-0.05, 0) is 174 Å². The zero-order chi connectivity index (χ0) is 42.7. The van der Waals surface area contributed by atoms with Gasteiger partial charge in [0.25, 0.3) is 5.91 Å². The number of amides is 1. The number of anilines is 2. The van der Waals surface area contributed by atoms with E-state index in [0.29, 0.717) is 51.2 Å². The Morgan fingerprint density at radius 1 is 0.690 bits per heavy atom. The molecule has 4 aromatic rings. The second-order valence-electron chi connectivity index (χ2n) is 13.4. The number of benzene rings is 4. The first-order chi connectivity index (χ1) is 27.3. The van der Waals surface area contributed by atoms with Gasteiger partial charge in [-0.15, -0.1) is 0 Å². The Kier molecular flexibility index (Phi) is 17.8. The maximum atomic E-state index is 13.6. The van der Waals surface area contributed by atoms with Crippen LogP contribution in [0.3, 0.4) is 0 Å². The van der Waals surface area contributed by atoms with Crippen LogP contribution in [0.2, 0.25) is 5.02 Å². The van der Waals surface area contributed by atoms with E-state index in [-0.39, 0.29) is 43.7 Å². The minimum absolute atomic E-state index is 0.0231. The fourth-order valence-corrected chi connectivity index (χ4v) is 8.55. The molecule has 9 nitrogen and oxygen atoms in total. The molecule has 0 aliphatic heterocycles. The van der Waals surface area contributed by atoms with Gasteiger partial charge in [0.2, 0.25) is 0 Å². The lowest BCUT2D eigenvalue weighted by molar-refractivity contribution is -0.158. The van der Waals surface area contributed by atoms with Gasteiger partial charge in [-0.1, -0.05) is 25.4 Å². The number of aryl methyl sites for hydroxylation is 1. The van der Waals surface area contributed by atoms with Gasteiger partial charge in [0.15, 0.2) is 0 Å². The van der Waals surface area contributed by atoms with Gasteiger partial charge in [-0.2, -0.15) is 13.2 Å².